The number of hydrogen-bond donors (Lipinski definition) is 3. The molecular weight excluding hydrogens is 400 g/mol. The van der Waals surface area contributed by atoms with E-state index in [1.165, 1.54) is 25.3 Å². The zero-order chi connectivity index (χ0) is 21.4. The fourth-order valence-corrected chi connectivity index (χ4v) is 2.81. The molecule has 29 heavy (non-hydrogen) atoms. The summed E-state index contributed by atoms with van der Waals surface area (Å²) in [6.07, 6.45) is 0. The van der Waals surface area contributed by atoms with Gasteiger partial charge in [-0.2, -0.15) is 0 Å². The summed E-state index contributed by atoms with van der Waals surface area (Å²) >= 11 is 5.86. The van der Waals surface area contributed by atoms with Crippen LogP contribution in [0.1, 0.15) is 6.92 Å². The van der Waals surface area contributed by atoms with Crippen LogP contribution in [-0.2, 0) is 9.59 Å². The highest BCUT2D eigenvalue weighted by molar-refractivity contribution is 6.31. The molecule has 0 spiro atoms. The Bertz CT molecular complexity index is 906. The topological polar surface area (TPSA) is 115 Å². The van der Waals surface area contributed by atoms with Crippen LogP contribution >= 0.6 is 11.6 Å². The molecule has 1 unspecified atom stereocenters. The summed E-state index contributed by atoms with van der Waals surface area (Å²) in [4.78, 5) is 35.8. The Hall–Kier alpha value is -3.17. The van der Waals surface area contributed by atoms with Crippen molar-refractivity contribution in [3.05, 3.63) is 57.6 Å². The maximum absolute atomic E-state index is 12.3. The fraction of sp³-hybridized carbons (Fsp3) is 0.263. The van der Waals surface area contributed by atoms with E-state index in [4.69, 9.17) is 16.3 Å². The number of carbonyl (C=O) groups excluding carboxylic acids is 2. The molecular formula is C19H22ClN4O5+. The normalized spacial score (nSPS) is 11.4. The summed E-state index contributed by atoms with van der Waals surface area (Å²) in [5, 5.41) is 16.6. The lowest BCUT2D eigenvalue weighted by Crippen LogP contribution is -3.13. The second-order valence-electron chi connectivity index (χ2n) is 6.20. The molecule has 2 rings (SSSR count). The highest BCUT2D eigenvalue weighted by Gasteiger charge is 2.20. The summed E-state index contributed by atoms with van der Waals surface area (Å²) in [6, 6.07) is 10.9. The number of anilines is 2. The molecule has 2 aromatic rings. The number of ether oxygens (including phenoxy) is 1. The van der Waals surface area contributed by atoms with Crippen LogP contribution in [0.15, 0.2) is 42.5 Å². The number of methoxy groups -OCH3 is 1. The summed E-state index contributed by atoms with van der Waals surface area (Å²) in [5.74, 6) is -0.108. The maximum atomic E-state index is 12.3. The van der Waals surface area contributed by atoms with Crippen LogP contribution in [0, 0.1) is 10.1 Å². The van der Waals surface area contributed by atoms with Gasteiger partial charge in [-0.1, -0.05) is 17.7 Å². The number of hydrogen-bond acceptors (Lipinski definition) is 5. The summed E-state index contributed by atoms with van der Waals surface area (Å²) in [6.45, 7) is 2.37. The minimum absolute atomic E-state index is 0.0174. The molecule has 10 heteroatoms. The van der Waals surface area contributed by atoms with Crippen molar-refractivity contribution in [1.82, 2.24) is 0 Å². The number of nitrogens with zero attached hydrogens (tertiary/aromatic N) is 1. The third kappa shape index (κ3) is 6.74. The van der Waals surface area contributed by atoms with Crippen LogP contribution in [-0.4, -0.2) is 43.5 Å². The Balaban J connectivity index is 1.97. The molecule has 2 amide bonds. The van der Waals surface area contributed by atoms with Gasteiger partial charge in [0.15, 0.2) is 13.1 Å². The van der Waals surface area contributed by atoms with E-state index < -0.39 is 10.8 Å². The Morgan fingerprint density at radius 1 is 1.14 bits per heavy atom. The standard InChI is InChI=1S/C19H21ClN4O5/c1-3-23(11-18(25)21-14-5-4-6-15(10-14)29-2)12-19(26)22-16-9-13(20)7-8-17(16)24(27)28/h4-10H,3,11-12H2,1-2H3,(H,21,25)(H,22,26)/p+1. The average Bonchev–Trinajstić information content (AvgIpc) is 2.67. The molecule has 0 aliphatic carbocycles. The number of carbonyl (C=O) groups is 2. The molecule has 0 heterocycles. The van der Waals surface area contributed by atoms with Crippen LogP contribution in [0.25, 0.3) is 0 Å². The van der Waals surface area contributed by atoms with Crippen molar-refractivity contribution in [1.29, 1.82) is 0 Å². The molecule has 9 nitrogen and oxygen atoms in total. The van der Waals surface area contributed by atoms with Crippen LogP contribution in [0.2, 0.25) is 5.02 Å². The lowest BCUT2D eigenvalue weighted by Gasteiger charge is -2.17. The van der Waals surface area contributed by atoms with Crippen molar-refractivity contribution in [3.63, 3.8) is 0 Å². The lowest BCUT2D eigenvalue weighted by atomic mass is 10.2. The Kier molecular flexibility index (Phi) is 7.93. The van der Waals surface area contributed by atoms with Gasteiger partial charge < -0.3 is 20.3 Å². The zero-order valence-electron chi connectivity index (χ0n) is 16.0. The number of amides is 2. The van der Waals surface area contributed by atoms with E-state index in [9.17, 15) is 19.7 Å². The molecule has 0 aliphatic heterocycles. The molecule has 0 bridgehead atoms. The van der Waals surface area contributed by atoms with Crippen molar-refractivity contribution in [3.8, 4) is 5.75 Å². The Morgan fingerprint density at radius 2 is 1.83 bits per heavy atom. The molecule has 2 aromatic carbocycles. The third-order valence-electron chi connectivity index (χ3n) is 4.10. The zero-order valence-corrected chi connectivity index (χ0v) is 16.8. The number of nitro benzene ring substituents is 1. The SMILES string of the molecule is CC[NH+](CC(=O)Nc1cccc(OC)c1)CC(=O)Nc1cc(Cl)ccc1[N+](=O)[O-]. The van der Waals surface area contributed by atoms with Crippen LogP contribution in [0.3, 0.4) is 0 Å². The number of nitro groups is 1. The molecule has 0 aliphatic rings. The van der Waals surface area contributed by atoms with Gasteiger partial charge in [-0.3, -0.25) is 19.7 Å². The first-order valence-electron chi connectivity index (χ1n) is 8.83. The van der Waals surface area contributed by atoms with Gasteiger partial charge in [-0.25, -0.2) is 0 Å². The van der Waals surface area contributed by atoms with Gasteiger partial charge in [0.05, 0.1) is 18.6 Å². The van der Waals surface area contributed by atoms with Gasteiger partial charge in [0, 0.05) is 22.8 Å². The van der Waals surface area contributed by atoms with E-state index in [-0.39, 0.29) is 35.4 Å². The van der Waals surface area contributed by atoms with Gasteiger partial charge in [-0.05, 0) is 31.2 Å². The third-order valence-corrected chi connectivity index (χ3v) is 4.34. The fourth-order valence-electron chi connectivity index (χ4n) is 2.63. The van der Waals surface area contributed by atoms with Gasteiger partial charge in [0.25, 0.3) is 17.5 Å². The molecule has 0 radical (unpaired) electrons. The summed E-state index contributed by atoms with van der Waals surface area (Å²) in [7, 11) is 1.53. The van der Waals surface area contributed by atoms with Crippen LogP contribution in [0.5, 0.6) is 5.75 Å². The van der Waals surface area contributed by atoms with Gasteiger partial charge in [0.2, 0.25) is 0 Å². The number of nitrogens with one attached hydrogen (secondary N) is 3. The number of likely N-dealkylation sites (N-methyl/N-ethyl adjacent to an activating group) is 1. The predicted octanol–water partition coefficient (Wildman–Crippen LogP) is 1.74. The van der Waals surface area contributed by atoms with E-state index in [1.807, 2.05) is 6.92 Å². The monoisotopic (exact) mass is 421 g/mol. The second-order valence-corrected chi connectivity index (χ2v) is 6.64. The molecule has 1 atom stereocenters. The highest BCUT2D eigenvalue weighted by Crippen LogP contribution is 2.27. The van der Waals surface area contributed by atoms with Gasteiger partial charge in [0.1, 0.15) is 11.4 Å². The largest absolute Gasteiger partial charge is 0.497 e. The molecule has 0 fully saturated rings. The molecule has 0 aromatic heterocycles. The van der Waals surface area contributed by atoms with Gasteiger partial charge in [-0.15, -0.1) is 0 Å². The second kappa shape index (κ2) is 10.4. The first kappa shape index (κ1) is 22.1. The number of benzene rings is 2. The highest BCUT2D eigenvalue weighted by atomic mass is 35.5. The van der Waals surface area contributed by atoms with Crippen molar-refractivity contribution in [2.24, 2.45) is 0 Å². The van der Waals surface area contributed by atoms with Crippen LogP contribution < -0.4 is 20.3 Å². The van der Waals surface area contributed by atoms with Crippen LogP contribution in [0.4, 0.5) is 17.1 Å². The Labute approximate surface area is 172 Å². The molecule has 0 saturated carbocycles. The van der Waals surface area contributed by atoms with Gasteiger partial charge >= 0.3 is 0 Å². The maximum Gasteiger partial charge on any atom is 0.292 e. The van der Waals surface area contributed by atoms with Crippen molar-refractivity contribution >= 4 is 40.5 Å². The van der Waals surface area contributed by atoms with E-state index in [1.54, 1.807) is 24.3 Å². The quantitative estimate of drug-likeness (QED) is 0.421. The van der Waals surface area contributed by atoms with E-state index in [2.05, 4.69) is 10.6 Å². The minimum atomic E-state index is -0.599. The predicted molar refractivity (Wildman–Crippen MR) is 110 cm³/mol. The summed E-state index contributed by atoms with van der Waals surface area (Å²) in [5.41, 5.74) is 0.351. The first-order chi connectivity index (χ1) is 13.8. The smallest absolute Gasteiger partial charge is 0.292 e. The molecule has 154 valence electrons. The lowest BCUT2D eigenvalue weighted by molar-refractivity contribution is -0.881. The number of halogens is 1. The van der Waals surface area contributed by atoms with E-state index in [0.717, 1.165) is 0 Å². The first-order valence-corrected chi connectivity index (χ1v) is 9.21. The number of rotatable bonds is 9. The van der Waals surface area contributed by atoms with Crippen molar-refractivity contribution < 1.29 is 24.1 Å². The summed E-state index contributed by atoms with van der Waals surface area (Å²) < 4.78 is 5.12. The number of quaternary nitrogens is 1. The van der Waals surface area contributed by atoms with E-state index >= 15 is 0 Å². The minimum Gasteiger partial charge on any atom is -0.497 e. The average molecular weight is 422 g/mol. The van der Waals surface area contributed by atoms with Crippen molar-refractivity contribution in [2.45, 2.75) is 6.92 Å². The molecule has 3 N–H and O–H groups in total. The van der Waals surface area contributed by atoms with E-state index in [0.29, 0.717) is 22.9 Å². The molecule has 0 saturated heterocycles. The van der Waals surface area contributed by atoms with Crippen molar-refractivity contribution in [2.75, 3.05) is 37.4 Å². The Morgan fingerprint density at radius 3 is 2.45 bits per heavy atom.